The molecule has 1 aromatic carbocycles. The van der Waals surface area contributed by atoms with Gasteiger partial charge in [-0.05, 0) is 32.4 Å². The lowest BCUT2D eigenvalue weighted by atomic mass is 10.0. The van der Waals surface area contributed by atoms with Gasteiger partial charge in [0.25, 0.3) is 11.8 Å². The Morgan fingerprint density at radius 1 is 0.630 bits per heavy atom. The van der Waals surface area contributed by atoms with Crippen LogP contribution in [0.5, 0.6) is 0 Å². The lowest BCUT2D eigenvalue weighted by Gasteiger charge is -2.14. The van der Waals surface area contributed by atoms with Crippen LogP contribution in [-0.4, -0.2) is 48.5 Å². The molecule has 1 aliphatic rings. The van der Waals surface area contributed by atoms with Gasteiger partial charge in [-0.1, -0.05) is 38.0 Å². The van der Waals surface area contributed by atoms with E-state index in [0.717, 1.165) is 26.1 Å². The summed E-state index contributed by atoms with van der Waals surface area (Å²) in [5, 5.41) is 16.6. The number of carbonyl (C=O) groups excluding carboxylic acids is 2. The van der Waals surface area contributed by atoms with Gasteiger partial charge in [-0.25, -0.2) is 5.01 Å². The molecule has 0 bridgehead atoms. The van der Waals surface area contributed by atoms with Crippen molar-refractivity contribution in [2.75, 3.05) is 31.4 Å². The third-order valence-corrected chi connectivity index (χ3v) is 3.43. The molecule has 7 nitrogen and oxygen atoms in total. The number of anilines is 1. The van der Waals surface area contributed by atoms with Crippen LogP contribution in [0.3, 0.4) is 0 Å². The fourth-order valence-electron chi connectivity index (χ4n) is 2.15. The number of nitrogens with zero attached hydrogens (tertiary/aromatic N) is 1. The summed E-state index contributed by atoms with van der Waals surface area (Å²) in [6.45, 7) is 67.5. The average Bonchev–Trinajstić information content (AvgIpc) is 3.48. The van der Waals surface area contributed by atoms with Crippen LogP contribution in [0.25, 0.3) is 0 Å². The summed E-state index contributed by atoms with van der Waals surface area (Å²) in [4.78, 5) is 23.8. The summed E-state index contributed by atoms with van der Waals surface area (Å²) < 4.78 is 4.83. The van der Waals surface area contributed by atoms with Crippen molar-refractivity contribution in [1.82, 2.24) is 5.43 Å². The summed E-state index contributed by atoms with van der Waals surface area (Å²) in [6, 6.07) is 9.17. The Morgan fingerprint density at radius 3 is 1.20 bits per heavy atom. The van der Waals surface area contributed by atoms with E-state index in [2.05, 4.69) is 137 Å². The van der Waals surface area contributed by atoms with E-state index in [0.29, 0.717) is 12.1 Å². The molecule has 0 aromatic heterocycles. The molecule has 7 heteroatoms. The van der Waals surface area contributed by atoms with E-state index in [1.54, 1.807) is 12.1 Å². The van der Waals surface area contributed by atoms with Crippen molar-refractivity contribution in [3.05, 3.63) is 162 Å². The second-order valence-electron chi connectivity index (χ2n) is 5.41. The molecule has 268 valence electrons. The smallest absolute Gasteiger partial charge is 0.258 e. The minimum absolute atomic E-state index is 0.125. The molecule has 0 spiro atoms. The van der Waals surface area contributed by atoms with E-state index in [4.69, 9.17) is 14.9 Å². The van der Waals surface area contributed by atoms with Crippen molar-refractivity contribution in [2.45, 2.75) is 40.0 Å². The van der Waals surface area contributed by atoms with Crippen LogP contribution in [0, 0.1) is 5.92 Å². The number of carbonyl (C=O) groups is 2. The lowest BCUT2D eigenvalue weighted by molar-refractivity contribution is -0.127. The number of unbranched alkanes of at least 4 members (excludes halogenated alkanes) is 1. The number of hydrogen-bond donors (Lipinski definition) is 3. The number of aliphatic hydroxyl groups excluding tert-OH is 2. The largest absolute Gasteiger partial charge is 0.394 e. The molecule has 0 radical (unpaired) electrons. The Hall–Kier alpha value is -4.56. The lowest BCUT2D eigenvalue weighted by Crippen LogP contribution is -2.35. The zero-order chi connectivity index (χ0) is 39.8. The number of para-hydroxylation sites is 1. The highest BCUT2D eigenvalue weighted by molar-refractivity contribution is 6.14. The minimum Gasteiger partial charge on any atom is -0.394 e. The third-order valence-electron chi connectivity index (χ3n) is 3.43. The SMILES string of the molecule is C=C.C=C.C=C.C=C.C=C.C=C.C=C.C=C.C=C.C=C.CCCCC1C(=O)NN(c2ccccc2)C1=O.CCOCC.OCCO. The summed E-state index contributed by atoms with van der Waals surface area (Å²) in [5.74, 6) is -0.850. The molecule has 1 fully saturated rings. The van der Waals surface area contributed by atoms with Crippen LogP contribution < -0.4 is 10.4 Å². The number of amides is 2. The molecular formula is C39H72N2O5. The van der Waals surface area contributed by atoms with Gasteiger partial charge >= 0.3 is 0 Å². The fourth-order valence-corrected chi connectivity index (χ4v) is 2.15. The predicted molar refractivity (Wildman–Crippen MR) is 214 cm³/mol. The Labute approximate surface area is 286 Å². The molecule has 0 aliphatic carbocycles. The first kappa shape index (κ1) is 73.1. The first-order valence-electron chi connectivity index (χ1n) is 14.1. The molecule has 1 saturated heterocycles. The number of rotatable bonds is 7. The Bertz CT molecular complexity index is 607. The Balaban J connectivity index is -0.0000000395. The van der Waals surface area contributed by atoms with Crippen LogP contribution in [0.1, 0.15) is 40.0 Å². The van der Waals surface area contributed by atoms with Gasteiger partial charge in [-0.2, -0.15) is 0 Å². The maximum Gasteiger partial charge on any atom is 0.258 e. The van der Waals surface area contributed by atoms with E-state index in [9.17, 15) is 9.59 Å². The molecule has 1 aliphatic heterocycles. The van der Waals surface area contributed by atoms with Crippen molar-refractivity contribution in [3.8, 4) is 0 Å². The monoisotopic (exact) mass is 649 g/mol. The van der Waals surface area contributed by atoms with Gasteiger partial charge < -0.3 is 14.9 Å². The minimum atomic E-state index is -0.518. The van der Waals surface area contributed by atoms with Crippen molar-refractivity contribution >= 4 is 17.5 Å². The Morgan fingerprint density at radius 2 is 0.957 bits per heavy atom. The number of hydrogen-bond acceptors (Lipinski definition) is 5. The highest BCUT2D eigenvalue weighted by Gasteiger charge is 2.39. The molecule has 1 aromatic rings. The standard InChI is InChI=1S/C13H16N2O2.C4H10O.C2H6O2.10C2H4/c1-2-3-9-11-12(16)14-15(13(11)17)10-7-5-4-6-8-10;1-3-5-4-2;3-1-2-4;10*1-2/h4-8,11H,2-3,9H2,1H3,(H,14,16);3-4H2,1-2H3;3-4H,1-2H2;10*1-2H2. The summed E-state index contributed by atoms with van der Waals surface area (Å²) in [5.41, 5.74) is 3.34. The zero-order valence-corrected chi connectivity index (χ0v) is 30.1. The van der Waals surface area contributed by atoms with Gasteiger partial charge in [0.05, 0.1) is 18.9 Å². The van der Waals surface area contributed by atoms with Crippen LogP contribution in [0.4, 0.5) is 5.69 Å². The van der Waals surface area contributed by atoms with E-state index >= 15 is 0 Å². The normalized spacial score (nSPS) is 9.67. The highest BCUT2D eigenvalue weighted by Crippen LogP contribution is 2.22. The van der Waals surface area contributed by atoms with Crippen molar-refractivity contribution in [2.24, 2.45) is 5.92 Å². The second-order valence-corrected chi connectivity index (χ2v) is 5.41. The second kappa shape index (κ2) is 105. The average molecular weight is 649 g/mol. The van der Waals surface area contributed by atoms with E-state index < -0.39 is 5.92 Å². The Kier molecular flexibility index (Phi) is 167. The van der Waals surface area contributed by atoms with E-state index in [-0.39, 0.29) is 25.0 Å². The maximum atomic E-state index is 12.1. The van der Waals surface area contributed by atoms with Crippen molar-refractivity contribution in [1.29, 1.82) is 0 Å². The number of aliphatic hydroxyl groups is 2. The number of hydrazine groups is 1. The van der Waals surface area contributed by atoms with Gasteiger partial charge in [0.2, 0.25) is 0 Å². The topological polar surface area (TPSA) is 99.1 Å². The quantitative estimate of drug-likeness (QED) is 0.202. The molecule has 2 rings (SSSR count). The predicted octanol–water partition coefficient (Wildman–Crippen LogP) is 9.91. The van der Waals surface area contributed by atoms with Crippen LogP contribution in [0.2, 0.25) is 0 Å². The first-order valence-corrected chi connectivity index (χ1v) is 14.1. The van der Waals surface area contributed by atoms with Crippen molar-refractivity contribution in [3.63, 3.8) is 0 Å². The molecular weight excluding hydrogens is 576 g/mol. The van der Waals surface area contributed by atoms with Crippen LogP contribution >= 0.6 is 0 Å². The number of benzene rings is 1. The van der Waals surface area contributed by atoms with Gasteiger partial charge in [-0.3, -0.25) is 15.0 Å². The van der Waals surface area contributed by atoms with E-state index in [1.165, 1.54) is 5.01 Å². The molecule has 1 heterocycles. The molecule has 3 N–H and O–H groups in total. The highest BCUT2D eigenvalue weighted by atomic mass is 16.5. The van der Waals surface area contributed by atoms with Gasteiger partial charge in [0, 0.05) is 13.2 Å². The van der Waals surface area contributed by atoms with Gasteiger partial charge in [-0.15, -0.1) is 132 Å². The first-order chi connectivity index (χ1) is 22.6. The summed E-state index contributed by atoms with van der Waals surface area (Å²) in [6.07, 6.45) is 2.51. The summed E-state index contributed by atoms with van der Waals surface area (Å²) in [7, 11) is 0. The number of nitrogens with one attached hydrogen (secondary N) is 1. The molecule has 1 atom stereocenters. The van der Waals surface area contributed by atoms with Crippen molar-refractivity contribution < 1.29 is 24.5 Å². The zero-order valence-electron chi connectivity index (χ0n) is 30.1. The molecule has 46 heavy (non-hydrogen) atoms. The fraction of sp³-hybridized carbons (Fsp3) is 0.282. The molecule has 2 amide bonds. The number of ether oxygens (including phenoxy) is 1. The van der Waals surface area contributed by atoms with Gasteiger partial charge in [0.15, 0.2) is 0 Å². The van der Waals surface area contributed by atoms with Gasteiger partial charge in [0.1, 0.15) is 5.92 Å². The van der Waals surface area contributed by atoms with E-state index in [1.807, 2.05) is 39.0 Å². The summed E-state index contributed by atoms with van der Waals surface area (Å²) >= 11 is 0. The molecule has 0 saturated carbocycles. The van der Waals surface area contributed by atoms with Crippen LogP contribution in [-0.2, 0) is 14.3 Å². The van der Waals surface area contributed by atoms with Crippen LogP contribution in [0.15, 0.2) is 162 Å². The maximum absolute atomic E-state index is 12.1. The third kappa shape index (κ3) is 62.9. The molecule has 1 unspecified atom stereocenters.